The average Bonchev–Trinajstić information content (AvgIpc) is 2.19. The van der Waals surface area contributed by atoms with Gasteiger partial charge in [-0.05, 0) is 38.0 Å². The Balaban J connectivity index is 2.37. The number of hydrogen-bond donors (Lipinski definition) is 1. The molecule has 0 aromatic heterocycles. The molecular weight excluding hydrogens is 164 g/mol. The third-order valence-corrected chi connectivity index (χ3v) is 3.77. The maximum Gasteiger partial charge on any atom is 0.169 e. The predicted molar refractivity (Wildman–Crippen MR) is 50.3 cm³/mol. The molecule has 2 bridgehead atoms. The molecule has 2 heteroatoms. The molecule has 3 saturated carbocycles. The van der Waals surface area contributed by atoms with Crippen molar-refractivity contribution in [3.05, 3.63) is 0 Å². The molecular formula is C11H18O2. The lowest BCUT2D eigenvalue weighted by molar-refractivity contribution is -0.146. The molecule has 3 fully saturated rings. The highest BCUT2D eigenvalue weighted by Crippen LogP contribution is 2.47. The molecule has 0 unspecified atom stereocenters. The molecule has 0 aromatic rings. The van der Waals surface area contributed by atoms with Crippen LogP contribution in [0.25, 0.3) is 0 Å². The monoisotopic (exact) mass is 182 g/mol. The highest BCUT2D eigenvalue weighted by molar-refractivity contribution is 5.92. The molecule has 3 aliphatic carbocycles. The van der Waals surface area contributed by atoms with E-state index in [4.69, 9.17) is 0 Å². The first-order valence-electron chi connectivity index (χ1n) is 5.21. The highest BCUT2D eigenvalue weighted by Gasteiger charge is 2.50. The Kier molecular flexibility index (Phi) is 1.82. The topological polar surface area (TPSA) is 37.3 Å². The SMILES string of the molecule is CC1(C)CC2CCC(O)(CC2)C1=O. The lowest BCUT2D eigenvalue weighted by Gasteiger charge is -2.31. The van der Waals surface area contributed by atoms with Crippen LogP contribution in [0, 0.1) is 11.3 Å². The third kappa shape index (κ3) is 1.32. The van der Waals surface area contributed by atoms with Crippen molar-refractivity contribution in [2.75, 3.05) is 0 Å². The predicted octanol–water partition coefficient (Wildman–Crippen LogP) is 1.91. The van der Waals surface area contributed by atoms with Crippen LogP contribution in [0.4, 0.5) is 0 Å². The van der Waals surface area contributed by atoms with Crippen LogP contribution in [-0.2, 0) is 4.79 Å². The van der Waals surface area contributed by atoms with Crippen molar-refractivity contribution in [1.82, 2.24) is 0 Å². The van der Waals surface area contributed by atoms with Crippen LogP contribution in [0.1, 0.15) is 46.0 Å². The number of Topliss-reactive ketones (excluding diaryl/α,β-unsaturated/α-hetero) is 1. The summed E-state index contributed by atoms with van der Waals surface area (Å²) in [5, 5.41) is 10.2. The molecule has 0 radical (unpaired) electrons. The molecule has 0 heterocycles. The Morgan fingerprint density at radius 1 is 1.31 bits per heavy atom. The summed E-state index contributed by atoms with van der Waals surface area (Å²) in [6.45, 7) is 3.95. The van der Waals surface area contributed by atoms with Crippen LogP contribution in [0.5, 0.6) is 0 Å². The molecule has 0 saturated heterocycles. The van der Waals surface area contributed by atoms with Gasteiger partial charge in [-0.3, -0.25) is 4.79 Å². The molecule has 74 valence electrons. The van der Waals surface area contributed by atoms with Crippen LogP contribution in [-0.4, -0.2) is 16.5 Å². The van der Waals surface area contributed by atoms with E-state index in [1.165, 1.54) is 0 Å². The average molecular weight is 182 g/mol. The fourth-order valence-electron chi connectivity index (χ4n) is 3.03. The molecule has 0 aromatic carbocycles. The van der Waals surface area contributed by atoms with Crippen LogP contribution in [0.2, 0.25) is 0 Å². The Morgan fingerprint density at radius 3 is 2.38 bits per heavy atom. The van der Waals surface area contributed by atoms with Gasteiger partial charge in [0.15, 0.2) is 5.78 Å². The Hall–Kier alpha value is -0.370. The second-order valence-electron chi connectivity index (χ2n) is 5.39. The van der Waals surface area contributed by atoms with Gasteiger partial charge in [0, 0.05) is 5.41 Å². The Bertz CT molecular complexity index is 234. The number of hydrogen-bond acceptors (Lipinski definition) is 2. The van der Waals surface area contributed by atoms with Crippen molar-refractivity contribution >= 4 is 5.78 Å². The first-order chi connectivity index (χ1) is 5.94. The maximum atomic E-state index is 12.0. The van der Waals surface area contributed by atoms with Crippen LogP contribution in [0.3, 0.4) is 0 Å². The number of fused-ring (bicyclic) bond motifs is 4. The van der Waals surface area contributed by atoms with Crippen molar-refractivity contribution in [3.8, 4) is 0 Å². The largest absolute Gasteiger partial charge is 0.382 e. The fraction of sp³-hybridized carbons (Fsp3) is 0.909. The van der Waals surface area contributed by atoms with Gasteiger partial charge in [0.1, 0.15) is 5.60 Å². The van der Waals surface area contributed by atoms with Crippen molar-refractivity contribution in [2.45, 2.75) is 51.6 Å². The molecule has 3 rings (SSSR count). The second kappa shape index (κ2) is 2.57. The molecule has 0 amide bonds. The summed E-state index contributed by atoms with van der Waals surface area (Å²) in [6, 6.07) is 0. The van der Waals surface area contributed by atoms with E-state index >= 15 is 0 Å². The second-order valence-corrected chi connectivity index (χ2v) is 5.39. The first kappa shape index (κ1) is 9.20. The first-order valence-corrected chi connectivity index (χ1v) is 5.21. The van der Waals surface area contributed by atoms with Crippen LogP contribution in [0.15, 0.2) is 0 Å². The number of carbonyl (C=O) groups excluding carboxylic acids is 1. The standard InChI is InChI=1S/C11H18O2/c1-10(2)7-8-3-5-11(13,6-4-8)9(10)12/h8,13H,3-7H2,1-2H3. The van der Waals surface area contributed by atoms with Crippen molar-refractivity contribution in [2.24, 2.45) is 11.3 Å². The summed E-state index contributed by atoms with van der Waals surface area (Å²) < 4.78 is 0. The summed E-state index contributed by atoms with van der Waals surface area (Å²) in [6.07, 6.45) is 4.42. The van der Waals surface area contributed by atoms with Gasteiger partial charge in [-0.1, -0.05) is 13.8 Å². The van der Waals surface area contributed by atoms with Crippen LogP contribution < -0.4 is 0 Å². The van der Waals surface area contributed by atoms with Crippen molar-refractivity contribution in [1.29, 1.82) is 0 Å². The smallest absolute Gasteiger partial charge is 0.169 e. The number of rotatable bonds is 0. The van der Waals surface area contributed by atoms with E-state index in [1.807, 2.05) is 13.8 Å². The Morgan fingerprint density at radius 2 is 1.85 bits per heavy atom. The minimum atomic E-state index is -0.976. The summed E-state index contributed by atoms with van der Waals surface area (Å²) in [7, 11) is 0. The van der Waals surface area contributed by atoms with Crippen molar-refractivity contribution < 1.29 is 9.90 Å². The van der Waals surface area contributed by atoms with Gasteiger partial charge in [0.05, 0.1) is 0 Å². The highest BCUT2D eigenvalue weighted by atomic mass is 16.3. The van der Waals surface area contributed by atoms with Gasteiger partial charge in [-0.2, -0.15) is 0 Å². The van der Waals surface area contributed by atoms with Crippen molar-refractivity contribution in [3.63, 3.8) is 0 Å². The van der Waals surface area contributed by atoms with Gasteiger partial charge >= 0.3 is 0 Å². The summed E-state index contributed by atoms with van der Waals surface area (Å²) in [5.41, 5.74) is -1.27. The number of carbonyl (C=O) groups is 1. The molecule has 3 aliphatic rings. The number of aliphatic hydroxyl groups is 1. The minimum absolute atomic E-state index is 0.0833. The molecule has 0 spiro atoms. The minimum Gasteiger partial charge on any atom is -0.382 e. The molecule has 2 nitrogen and oxygen atoms in total. The van der Waals surface area contributed by atoms with E-state index < -0.39 is 5.60 Å². The maximum absolute atomic E-state index is 12.0. The zero-order valence-corrected chi connectivity index (χ0v) is 8.47. The third-order valence-electron chi connectivity index (χ3n) is 3.77. The number of ketones is 1. The summed E-state index contributed by atoms with van der Waals surface area (Å²) >= 11 is 0. The van der Waals surface area contributed by atoms with E-state index in [0.29, 0.717) is 18.8 Å². The van der Waals surface area contributed by atoms with Gasteiger partial charge in [0.25, 0.3) is 0 Å². The van der Waals surface area contributed by atoms with Gasteiger partial charge in [-0.25, -0.2) is 0 Å². The van der Waals surface area contributed by atoms with Gasteiger partial charge in [-0.15, -0.1) is 0 Å². The molecule has 0 atom stereocenters. The zero-order chi connectivity index (χ0) is 9.69. The van der Waals surface area contributed by atoms with E-state index in [-0.39, 0.29) is 11.2 Å². The zero-order valence-electron chi connectivity index (χ0n) is 8.47. The normalized spacial score (nSPS) is 43.3. The quantitative estimate of drug-likeness (QED) is 0.621. The molecule has 0 aliphatic heterocycles. The molecule has 13 heavy (non-hydrogen) atoms. The molecule has 1 N–H and O–H groups in total. The van der Waals surface area contributed by atoms with E-state index in [2.05, 4.69) is 0 Å². The lowest BCUT2D eigenvalue weighted by atomic mass is 9.77. The van der Waals surface area contributed by atoms with E-state index in [0.717, 1.165) is 19.3 Å². The van der Waals surface area contributed by atoms with E-state index in [1.54, 1.807) is 0 Å². The Labute approximate surface area is 79.3 Å². The lowest BCUT2D eigenvalue weighted by Crippen LogP contribution is -2.44. The summed E-state index contributed by atoms with van der Waals surface area (Å²) in [5.74, 6) is 0.752. The van der Waals surface area contributed by atoms with Crippen LogP contribution >= 0.6 is 0 Å². The van der Waals surface area contributed by atoms with E-state index in [9.17, 15) is 9.90 Å². The van der Waals surface area contributed by atoms with Gasteiger partial charge < -0.3 is 5.11 Å². The summed E-state index contributed by atoms with van der Waals surface area (Å²) in [4.78, 5) is 12.0. The van der Waals surface area contributed by atoms with Gasteiger partial charge in [0.2, 0.25) is 0 Å². The fourth-order valence-corrected chi connectivity index (χ4v) is 3.03.